The number of carbonyl (C=O) groups excluding carboxylic acids is 1. The quantitative estimate of drug-likeness (QED) is 0.571. The third-order valence-corrected chi connectivity index (χ3v) is 4.28. The number of aldehydes is 1. The molecule has 0 spiro atoms. The predicted octanol–water partition coefficient (Wildman–Crippen LogP) is 2.68. The van der Waals surface area contributed by atoms with Crippen LogP contribution in [0.4, 0.5) is 8.63 Å². The summed E-state index contributed by atoms with van der Waals surface area (Å²) in [6.07, 6.45) is 2.40. The van der Waals surface area contributed by atoms with Gasteiger partial charge < -0.3 is 17.6 Å². The number of hydrogen-bond donors (Lipinski definition) is 0. The van der Waals surface area contributed by atoms with E-state index in [4.69, 9.17) is 0 Å². The van der Waals surface area contributed by atoms with Crippen molar-refractivity contribution in [3.63, 3.8) is 0 Å². The van der Waals surface area contributed by atoms with Crippen LogP contribution in [0, 0.1) is 13.8 Å². The topological polar surface area (TPSA) is 25.0 Å². The van der Waals surface area contributed by atoms with E-state index >= 15 is 0 Å². The number of halogens is 2. The molecule has 104 valence electrons. The van der Waals surface area contributed by atoms with Crippen molar-refractivity contribution in [3.8, 4) is 0 Å². The highest BCUT2D eigenvalue weighted by atomic mass is 19.2. The van der Waals surface area contributed by atoms with Gasteiger partial charge >= 0.3 is 6.97 Å². The van der Waals surface area contributed by atoms with E-state index < -0.39 is 6.97 Å². The molecular weight excluding hydrogens is 261 g/mol. The smallest absolute Gasteiger partial charge is 0.394 e. The molecule has 2 aliphatic heterocycles. The molecule has 0 radical (unpaired) electrons. The lowest BCUT2D eigenvalue weighted by Gasteiger charge is -2.30. The number of aromatic nitrogens is 1. The third kappa shape index (κ3) is 1.34. The van der Waals surface area contributed by atoms with Crippen molar-refractivity contribution in [1.29, 1.82) is 0 Å². The summed E-state index contributed by atoms with van der Waals surface area (Å²) in [7, 11) is 0. The second-order valence-electron chi connectivity index (χ2n) is 5.45. The molecule has 0 saturated carbocycles. The number of allylic oxidation sites excluding steroid dienone is 2. The van der Waals surface area contributed by atoms with Crippen LogP contribution in [0.1, 0.15) is 30.8 Å². The maximum Gasteiger partial charge on any atom is 0.737 e. The molecule has 0 aromatic carbocycles. The molecule has 0 unspecified atom stereocenters. The van der Waals surface area contributed by atoms with Crippen LogP contribution in [-0.4, -0.2) is 27.9 Å². The largest absolute Gasteiger partial charge is 0.737 e. The maximum absolute atomic E-state index is 14.9. The SMILES string of the molecule is CC1=C(C=O)C(C)=[N+]2C1=Cc1c(C)cc(C)n1[B-]2(F)F. The molecule has 0 aliphatic carbocycles. The first-order valence-electron chi connectivity index (χ1n) is 6.53. The average molecular weight is 276 g/mol. The first-order valence-corrected chi connectivity index (χ1v) is 6.53. The average Bonchev–Trinajstić information content (AvgIpc) is 2.76. The standard InChI is InChI=1S/C14H15BF2N2O/c1-8-5-9(2)18-13(8)6-14-10(3)12(7-20)11(4)19(14)15(18,16)17/h5-7H,1-4H3. The fourth-order valence-corrected chi connectivity index (χ4v) is 3.33. The van der Waals surface area contributed by atoms with Gasteiger partial charge in [0.05, 0.1) is 5.57 Å². The van der Waals surface area contributed by atoms with Gasteiger partial charge in [0.1, 0.15) is 5.71 Å². The molecule has 3 rings (SSSR count). The molecule has 0 saturated heterocycles. The van der Waals surface area contributed by atoms with Gasteiger partial charge in [0.2, 0.25) is 0 Å². The van der Waals surface area contributed by atoms with E-state index in [-0.39, 0.29) is 0 Å². The second-order valence-corrected chi connectivity index (χ2v) is 5.45. The molecule has 2 aliphatic rings. The number of aryl methyl sites for hydroxylation is 2. The number of nitrogens with zero attached hydrogens (tertiary/aromatic N) is 2. The first-order chi connectivity index (χ1) is 9.30. The predicted molar refractivity (Wildman–Crippen MR) is 75.0 cm³/mol. The van der Waals surface area contributed by atoms with Crippen molar-refractivity contribution >= 4 is 25.0 Å². The van der Waals surface area contributed by atoms with E-state index in [2.05, 4.69) is 0 Å². The Balaban J connectivity index is 2.41. The van der Waals surface area contributed by atoms with E-state index in [9.17, 15) is 13.4 Å². The van der Waals surface area contributed by atoms with Crippen molar-refractivity contribution in [3.05, 3.63) is 39.9 Å². The molecule has 6 heteroatoms. The van der Waals surface area contributed by atoms with Crippen LogP contribution >= 0.6 is 0 Å². The lowest BCUT2D eigenvalue weighted by Crippen LogP contribution is -2.50. The molecule has 1 aromatic heterocycles. The Kier molecular flexibility index (Phi) is 2.46. The monoisotopic (exact) mass is 276 g/mol. The number of fused-ring (bicyclic) bond motifs is 2. The number of rotatable bonds is 1. The Labute approximate surface area is 116 Å². The van der Waals surface area contributed by atoms with Crippen molar-refractivity contribution in [2.24, 2.45) is 0 Å². The van der Waals surface area contributed by atoms with Crippen molar-refractivity contribution < 1.29 is 17.9 Å². The normalized spacial score (nSPS) is 20.0. The van der Waals surface area contributed by atoms with Crippen LogP contribution in [0.15, 0.2) is 22.9 Å². The van der Waals surface area contributed by atoms with Crippen molar-refractivity contribution in [2.75, 3.05) is 0 Å². The lowest BCUT2D eigenvalue weighted by atomic mass is 9.89. The Morgan fingerprint density at radius 3 is 2.50 bits per heavy atom. The van der Waals surface area contributed by atoms with Gasteiger partial charge in [-0.2, -0.15) is 0 Å². The Hall–Kier alpha value is -1.98. The van der Waals surface area contributed by atoms with Crippen LogP contribution in [0.25, 0.3) is 6.08 Å². The summed E-state index contributed by atoms with van der Waals surface area (Å²) in [5.41, 5.74) is 3.61. The van der Waals surface area contributed by atoms with Gasteiger partial charge in [0.15, 0.2) is 12.0 Å². The van der Waals surface area contributed by atoms with Gasteiger partial charge in [0, 0.05) is 24.3 Å². The first kappa shape index (κ1) is 13.0. The van der Waals surface area contributed by atoms with E-state index in [0.717, 1.165) is 14.5 Å². The molecule has 0 atom stereocenters. The highest BCUT2D eigenvalue weighted by Crippen LogP contribution is 2.38. The van der Waals surface area contributed by atoms with E-state index in [0.29, 0.717) is 40.2 Å². The van der Waals surface area contributed by atoms with Gasteiger partial charge in [0.25, 0.3) is 0 Å². The van der Waals surface area contributed by atoms with Gasteiger partial charge in [-0.3, -0.25) is 4.79 Å². The minimum atomic E-state index is -3.96. The molecule has 3 nitrogen and oxygen atoms in total. The van der Waals surface area contributed by atoms with Gasteiger partial charge in [-0.15, -0.1) is 0 Å². The van der Waals surface area contributed by atoms with Gasteiger partial charge in [-0.1, -0.05) is 0 Å². The number of hydrogen-bond acceptors (Lipinski definition) is 1. The summed E-state index contributed by atoms with van der Waals surface area (Å²) in [4.78, 5) is 11.2. The molecule has 0 fully saturated rings. The van der Waals surface area contributed by atoms with Crippen LogP contribution < -0.4 is 0 Å². The fraction of sp³-hybridized carbons (Fsp3) is 0.286. The van der Waals surface area contributed by atoms with Crippen molar-refractivity contribution in [2.45, 2.75) is 27.7 Å². The summed E-state index contributed by atoms with van der Waals surface area (Å²) in [5.74, 6) is 0. The molecule has 3 heterocycles. The van der Waals surface area contributed by atoms with Gasteiger partial charge in [-0.25, -0.2) is 0 Å². The summed E-state index contributed by atoms with van der Waals surface area (Å²) in [6, 6.07) is 1.76. The van der Waals surface area contributed by atoms with Crippen molar-refractivity contribution in [1.82, 2.24) is 4.48 Å². The molecular formula is C14H15BF2N2O. The zero-order valence-electron chi connectivity index (χ0n) is 11.9. The Morgan fingerprint density at radius 2 is 1.90 bits per heavy atom. The lowest BCUT2D eigenvalue weighted by molar-refractivity contribution is -0.363. The van der Waals surface area contributed by atoms with E-state index in [1.807, 2.05) is 6.92 Å². The van der Waals surface area contributed by atoms with E-state index in [1.54, 1.807) is 32.9 Å². The van der Waals surface area contributed by atoms with Crippen LogP contribution in [0.2, 0.25) is 0 Å². The summed E-state index contributed by atoms with van der Waals surface area (Å²) < 4.78 is 31.9. The fourth-order valence-electron chi connectivity index (χ4n) is 3.33. The molecule has 0 bridgehead atoms. The second kappa shape index (κ2) is 3.78. The third-order valence-electron chi connectivity index (χ3n) is 4.28. The van der Waals surface area contributed by atoms with Crippen LogP contribution in [0.5, 0.6) is 0 Å². The highest BCUT2D eigenvalue weighted by molar-refractivity contribution is 6.58. The summed E-state index contributed by atoms with van der Waals surface area (Å²) in [5, 5.41) is 0. The Bertz CT molecular complexity index is 753. The zero-order chi connectivity index (χ0) is 14.8. The van der Waals surface area contributed by atoms with Crippen LogP contribution in [0.3, 0.4) is 0 Å². The molecule has 0 N–H and O–H groups in total. The zero-order valence-corrected chi connectivity index (χ0v) is 11.9. The Morgan fingerprint density at radius 1 is 1.25 bits per heavy atom. The minimum absolute atomic E-state index is 0.324. The minimum Gasteiger partial charge on any atom is -0.394 e. The molecule has 20 heavy (non-hydrogen) atoms. The highest BCUT2D eigenvalue weighted by Gasteiger charge is 2.54. The summed E-state index contributed by atoms with van der Waals surface area (Å²) >= 11 is 0. The van der Waals surface area contributed by atoms with Crippen LogP contribution in [-0.2, 0) is 4.79 Å². The van der Waals surface area contributed by atoms with E-state index in [1.165, 1.54) is 0 Å². The summed E-state index contributed by atoms with van der Waals surface area (Å²) in [6.45, 7) is 2.83. The molecule has 0 amide bonds. The maximum atomic E-state index is 14.9. The number of carbonyl (C=O) groups is 1. The molecule has 1 aromatic rings. The van der Waals surface area contributed by atoms with Gasteiger partial charge in [-0.05, 0) is 38.1 Å².